The van der Waals surface area contributed by atoms with Crippen LogP contribution in [0.3, 0.4) is 0 Å². The van der Waals surface area contributed by atoms with Crippen LogP contribution in [0.2, 0.25) is 0 Å². The highest BCUT2D eigenvalue weighted by Crippen LogP contribution is 2.05. The highest BCUT2D eigenvalue weighted by atomic mass is 15.3. The first kappa shape index (κ1) is 6.08. The quantitative estimate of drug-likeness (QED) is 0.550. The Morgan fingerprint density at radius 3 is 2.67 bits per heavy atom. The van der Waals surface area contributed by atoms with E-state index >= 15 is 0 Å². The minimum Gasteiger partial charge on any atom is -0.268 e. The summed E-state index contributed by atoms with van der Waals surface area (Å²) < 4.78 is 1.81. The number of hydrogen-bond acceptors (Lipinski definition) is 1. The molecule has 0 aromatic carbocycles. The highest BCUT2D eigenvalue weighted by Gasteiger charge is 1.96. The van der Waals surface area contributed by atoms with Crippen molar-refractivity contribution in [1.29, 1.82) is 0 Å². The maximum Gasteiger partial charge on any atom is 0.0629 e. The van der Waals surface area contributed by atoms with Crippen molar-refractivity contribution < 1.29 is 0 Å². The molecule has 48 valence electrons. The average molecular weight is 122 g/mol. The van der Waals surface area contributed by atoms with Gasteiger partial charge in [0.25, 0.3) is 0 Å². The molecule has 0 unspecified atom stereocenters. The van der Waals surface area contributed by atoms with Crippen molar-refractivity contribution in [3.8, 4) is 0 Å². The molecule has 1 rings (SSSR count). The van der Waals surface area contributed by atoms with Gasteiger partial charge in [-0.2, -0.15) is 5.10 Å². The largest absolute Gasteiger partial charge is 0.268 e. The zero-order chi connectivity index (χ0) is 6.85. The fourth-order valence-electron chi connectivity index (χ4n) is 0.850. The summed E-state index contributed by atoms with van der Waals surface area (Å²) in [6.45, 7) is 5.68. The molecule has 0 aliphatic heterocycles. The van der Waals surface area contributed by atoms with E-state index in [9.17, 15) is 0 Å². The number of rotatable bonds is 1. The third-order valence-electron chi connectivity index (χ3n) is 1.37. The van der Waals surface area contributed by atoms with Gasteiger partial charge in [-0.1, -0.05) is 6.58 Å². The molecule has 0 saturated carbocycles. The van der Waals surface area contributed by atoms with Crippen LogP contribution in [0.4, 0.5) is 0 Å². The lowest BCUT2D eigenvalue weighted by molar-refractivity contribution is 0.759. The van der Waals surface area contributed by atoms with Crippen LogP contribution < -0.4 is 0 Å². The fourth-order valence-corrected chi connectivity index (χ4v) is 0.850. The Kier molecular flexibility index (Phi) is 1.39. The van der Waals surface area contributed by atoms with E-state index < -0.39 is 0 Å². The number of aromatic nitrogens is 2. The molecule has 0 radical (unpaired) electrons. The van der Waals surface area contributed by atoms with E-state index in [-0.39, 0.29) is 0 Å². The molecule has 0 bridgehead atoms. The van der Waals surface area contributed by atoms with Crippen LogP contribution in [-0.2, 0) is 7.05 Å². The minimum atomic E-state index is 1.09. The van der Waals surface area contributed by atoms with Crippen LogP contribution in [0.15, 0.2) is 12.8 Å². The zero-order valence-electron chi connectivity index (χ0n) is 5.76. The van der Waals surface area contributed by atoms with Gasteiger partial charge in [-0.15, -0.1) is 0 Å². The van der Waals surface area contributed by atoms with E-state index in [1.54, 1.807) is 0 Å². The molecule has 1 heterocycles. The second-order valence-corrected chi connectivity index (χ2v) is 2.04. The Balaban J connectivity index is 3.22. The molecule has 0 aliphatic carbocycles. The lowest BCUT2D eigenvalue weighted by atomic mass is 10.3. The van der Waals surface area contributed by atoms with Crippen molar-refractivity contribution in [2.45, 2.75) is 6.92 Å². The van der Waals surface area contributed by atoms with Crippen molar-refractivity contribution in [2.75, 3.05) is 0 Å². The first-order chi connectivity index (χ1) is 4.25. The molecule has 0 atom stereocenters. The van der Waals surface area contributed by atoms with Gasteiger partial charge >= 0.3 is 0 Å². The van der Waals surface area contributed by atoms with Gasteiger partial charge in [0.15, 0.2) is 0 Å². The van der Waals surface area contributed by atoms with Crippen molar-refractivity contribution in [2.24, 2.45) is 7.05 Å². The normalized spacial score (nSPS) is 9.56. The van der Waals surface area contributed by atoms with E-state index in [1.165, 1.54) is 5.56 Å². The highest BCUT2D eigenvalue weighted by molar-refractivity contribution is 5.45. The summed E-state index contributed by atoms with van der Waals surface area (Å²) >= 11 is 0. The number of nitrogens with zero attached hydrogens (tertiary/aromatic N) is 2. The summed E-state index contributed by atoms with van der Waals surface area (Å²) in [6, 6.07) is 0. The maximum atomic E-state index is 4.03. The monoisotopic (exact) mass is 122 g/mol. The third-order valence-corrected chi connectivity index (χ3v) is 1.37. The molecule has 0 N–H and O–H groups in total. The second kappa shape index (κ2) is 2.05. The smallest absolute Gasteiger partial charge is 0.0629 e. The van der Waals surface area contributed by atoms with Crippen LogP contribution >= 0.6 is 0 Å². The molecule has 9 heavy (non-hydrogen) atoms. The first-order valence-electron chi connectivity index (χ1n) is 2.86. The minimum absolute atomic E-state index is 1.09. The Morgan fingerprint density at radius 2 is 2.44 bits per heavy atom. The van der Waals surface area contributed by atoms with Gasteiger partial charge in [-0.05, 0) is 18.6 Å². The standard InChI is InChI=1S/C7H10N2/c1-4-7-6(2)5-8-9(7)3/h4-5H,1H2,2-3H3. The second-order valence-electron chi connectivity index (χ2n) is 2.04. The number of hydrogen-bond donors (Lipinski definition) is 0. The Hall–Kier alpha value is -1.05. The molecular formula is C7H10N2. The summed E-state index contributed by atoms with van der Waals surface area (Å²) in [5, 5.41) is 4.03. The molecule has 2 heteroatoms. The van der Waals surface area contributed by atoms with Crippen LogP contribution in [0.25, 0.3) is 6.08 Å². The summed E-state index contributed by atoms with van der Waals surface area (Å²) in [7, 11) is 1.91. The summed E-state index contributed by atoms with van der Waals surface area (Å²) in [5.41, 5.74) is 2.27. The predicted molar refractivity (Wildman–Crippen MR) is 38.0 cm³/mol. The fraction of sp³-hybridized carbons (Fsp3) is 0.286. The van der Waals surface area contributed by atoms with Crippen molar-refractivity contribution in [3.05, 3.63) is 24.0 Å². The molecule has 0 amide bonds. The molecule has 1 aromatic heterocycles. The Bertz CT molecular complexity index is 203. The zero-order valence-corrected chi connectivity index (χ0v) is 5.76. The van der Waals surface area contributed by atoms with Gasteiger partial charge < -0.3 is 0 Å². The van der Waals surface area contributed by atoms with Crippen LogP contribution in [-0.4, -0.2) is 9.78 Å². The van der Waals surface area contributed by atoms with Crippen LogP contribution in [0.1, 0.15) is 11.3 Å². The molecule has 0 saturated heterocycles. The summed E-state index contributed by atoms with van der Waals surface area (Å²) in [4.78, 5) is 0. The summed E-state index contributed by atoms with van der Waals surface area (Å²) in [5.74, 6) is 0. The number of aryl methyl sites for hydroxylation is 2. The SMILES string of the molecule is C=Cc1c(C)cnn1C. The van der Waals surface area contributed by atoms with Crippen molar-refractivity contribution in [1.82, 2.24) is 9.78 Å². The molecule has 2 nitrogen and oxygen atoms in total. The lowest BCUT2D eigenvalue weighted by Gasteiger charge is -1.92. The van der Waals surface area contributed by atoms with Gasteiger partial charge in [-0.3, -0.25) is 4.68 Å². The Labute approximate surface area is 54.8 Å². The molecule has 1 aromatic rings. The van der Waals surface area contributed by atoms with E-state index in [2.05, 4.69) is 11.7 Å². The molecule has 0 fully saturated rings. The summed E-state index contributed by atoms with van der Waals surface area (Å²) in [6.07, 6.45) is 3.64. The van der Waals surface area contributed by atoms with Gasteiger partial charge in [0.05, 0.1) is 11.9 Å². The van der Waals surface area contributed by atoms with E-state index in [0.717, 1.165) is 5.69 Å². The first-order valence-corrected chi connectivity index (χ1v) is 2.86. The topological polar surface area (TPSA) is 17.8 Å². The van der Waals surface area contributed by atoms with Gasteiger partial charge in [0.1, 0.15) is 0 Å². The lowest BCUT2D eigenvalue weighted by Crippen LogP contribution is -1.92. The van der Waals surface area contributed by atoms with Crippen LogP contribution in [0.5, 0.6) is 0 Å². The molecule has 0 spiro atoms. The van der Waals surface area contributed by atoms with Gasteiger partial charge in [-0.25, -0.2) is 0 Å². The van der Waals surface area contributed by atoms with Crippen molar-refractivity contribution >= 4 is 6.08 Å². The van der Waals surface area contributed by atoms with E-state index in [1.807, 2.05) is 30.9 Å². The Morgan fingerprint density at radius 1 is 1.78 bits per heavy atom. The third kappa shape index (κ3) is 0.875. The van der Waals surface area contributed by atoms with Crippen LogP contribution in [0, 0.1) is 6.92 Å². The van der Waals surface area contributed by atoms with Crippen molar-refractivity contribution in [3.63, 3.8) is 0 Å². The van der Waals surface area contributed by atoms with Gasteiger partial charge in [0.2, 0.25) is 0 Å². The molecular weight excluding hydrogens is 112 g/mol. The molecule has 0 aliphatic rings. The van der Waals surface area contributed by atoms with Gasteiger partial charge in [0, 0.05) is 7.05 Å². The predicted octanol–water partition coefficient (Wildman–Crippen LogP) is 1.37. The average Bonchev–Trinajstić information content (AvgIpc) is 2.12. The van der Waals surface area contributed by atoms with E-state index in [4.69, 9.17) is 0 Å². The maximum absolute atomic E-state index is 4.03. The van der Waals surface area contributed by atoms with E-state index in [0.29, 0.717) is 0 Å².